The summed E-state index contributed by atoms with van der Waals surface area (Å²) < 4.78 is 6.02. The van der Waals surface area contributed by atoms with Gasteiger partial charge in [-0.1, -0.05) is 24.3 Å². The van der Waals surface area contributed by atoms with Gasteiger partial charge in [0.2, 0.25) is 0 Å². The molecule has 0 unspecified atom stereocenters. The molecule has 0 spiro atoms. The van der Waals surface area contributed by atoms with Crippen LogP contribution in [0.3, 0.4) is 0 Å². The van der Waals surface area contributed by atoms with E-state index in [0.717, 1.165) is 50.5 Å². The van der Waals surface area contributed by atoms with Gasteiger partial charge in [0.1, 0.15) is 11.5 Å². The molecule has 0 saturated heterocycles. The fourth-order valence-corrected chi connectivity index (χ4v) is 2.54. The van der Waals surface area contributed by atoms with Gasteiger partial charge in [0.05, 0.1) is 0 Å². The van der Waals surface area contributed by atoms with Crippen molar-refractivity contribution in [2.45, 2.75) is 25.9 Å². The molecule has 5 nitrogen and oxygen atoms in total. The molecule has 2 aromatic carbocycles. The van der Waals surface area contributed by atoms with Crippen LogP contribution >= 0.6 is 0 Å². The van der Waals surface area contributed by atoms with E-state index in [4.69, 9.17) is 16.2 Å². The van der Waals surface area contributed by atoms with Gasteiger partial charge in [0.15, 0.2) is 0 Å². The minimum Gasteiger partial charge on any atom is -0.457 e. The molecule has 25 heavy (non-hydrogen) atoms. The van der Waals surface area contributed by atoms with Crippen LogP contribution in [0.2, 0.25) is 0 Å². The van der Waals surface area contributed by atoms with Gasteiger partial charge < -0.3 is 26.8 Å². The van der Waals surface area contributed by atoms with Gasteiger partial charge in [0, 0.05) is 13.1 Å². The number of para-hydroxylation sites is 1. The molecule has 0 saturated carbocycles. The average Bonchev–Trinajstić information content (AvgIpc) is 2.63. The third kappa shape index (κ3) is 7.67. The lowest BCUT2D eigenvalue weighted by Crippen LogP contribution is -2.19. The van der Waals surface area contributed by atoms with Crippen LogP contribution in [0.5, 0.6) is 11.5 Å². The summed E-state index contributed by atoms with van der Waals surface area (Å²) in [6.45, 7) is 4.87. The van der Waals surface area contributed by atoms with Crippen LogP contribution in [-0.4, -0.2) is 26.2 Å². The van der Waals surface area contributed by atoms with Crippen molar-refractivity contribution in [3.8, 4) is 11.5 Å². The molecule has 0 atom stereocenters. The van der Waals surface area contributed by atoms with Gasteiger partial charge >= 0.3 is 0 Å². The average molecular weight is 342 g/mol. The molecule has 136 valence electrons. The first-order valence-electron chi connectivity index (χ1n) is 8.99. The summed E-state index contributed by atoms with van der Waals surface area (Å²) in [5.41, 5.74) is 13.5. The number of nitrogens with one attached hydrogen (secondary N) is 2. The van der Waals surface area contributed by atoms with E-state index in [0.29, 0.717) is 13.1 Å². The summed E-state index contributed by atoms with van der Waals surface area (Å²) in [5.74, 6) is 1.71. The zero-order valence-corrected chi connectivity index (χ0v) is 14.8. The van der Waals surface area contributed by atoms with E-state index in [1.165, 1.54) is 11.1 Å². The molecule has 0 aliphatic rings. The zero-order valence-electron chi connectivity index (χ0n) is 14.8. The Morgan fingerprint density at radius 3 is 1.80 bits per heavy atom. The molecule has 0 bridgehead atoms. The second-order valence-corrected chi connectivity index (χ2v) is 6.04. The van der Waals surface area contributed by atoms with Crippen molar-refractivity contribution < 1.29 is 4.74 Å². The predicted molar refractivity (Wildman–Crippen MR) is 104 cm³/mol. The maximum Gasteiger partial charge on any atom is 0.128 e. The molecule has 0 aliphatic carbocycles. The first-order valence-corrected chi connectivity index (χ1v) is 8.99. The topological polar surface area (TPSA) is 85.3 Å². The predicted octanol–water partition coefficient (Wildman–Crippen LogP) is 2.36. The van der Waals surface area contributed by atoms with Crippen LogP contribution in [0.4, 0.5) is 0 Å². The van der Waals surface area contributed by atoms with Gasteiger partial charge in [-0.25, -0.2) is 0 Å². The van der Waals surface area contributed by atoms with E-state index in [1.54, 1.807) is 0 Å². The monoisotopic (exact) mass is 342 g/mol. The van der Waals surface area contributed by atoms with Crippen LogP contribution < -0.4 is 26.8 Å². The van der Waals surface area contributed by atoms with Crippen molar-refractivity contribution in [2.75, 3.05) is 26.2 Å². The Morgan fingerprint density at radius 1 is 0.720 bits per heavy atom. The van der Waals surface area contributed by atoms with Crippen molar-refractivity contribution in [1.82, 2.24) is 10.6 Å². The summed E-state index contributed by atoms with van der Waals surface area (Å²) in [6, 6.07) is 16.3. The molecule has 2 rings (SSSR count). The Kier molecular flexibility index (Phi) is 9.01. The Hall–Kier alpha value is -1.92. The first kappa shape index (κ1) is 19.4. The molecule has 6 N–H and O–H groups in total. The summed E-state index contributed by atoms with van der Waals surface area (Å²) in [4.78, 5) is 0. The Bertz CT molecular complexity index is 574. The zero-order chi connectivity index (χ0) is 17.7. The van der Waals surface area contributed by atoms with E-state index in [2.05, 4.69) is 28.8 Å². The lowest BCUT2D eigenvalue weighted by Gasteiger charge is -2.12. The normalized spacial score (nSPS) is 10.8. The van der Waals surface area contributed by atoms with Gasteiger partial charge in [-0.15, -0.1) is 0 Å². The highest BCUT2D eigenvalue weighted by atomic mass is 16.5. The molecular weight excluding hydrogens is 312 g/mol. The summed E-state index contributed by atoms with van der Waals surface area (Å²) in [6.07, 6.45) is 1.96. The lowest BCUT2D eigenvalue weighted by atomic mass is 10.1. The lowest BCUT2D eigenvalue weighted by molar-refractivity contribution is 0.480. The van der Waals surface area contributed by atoms with Crippen molar-refractivity contribution in [1.29, 1.82) is 0 Å². The Balaban J connectivity index is 2.04. The fourth-order valence-electron chi connectivity index (χ4n) is 2.54. The molecule has 5 heteroatoms. The first-order chi connectivity index (χ1) is 12.3. The van der Waals surface area contributed by atoms with Crippen molar-refractivity contribution in [2.24, 2.45) is 11.5 Å². The maximum absolute atomic E-state index is 6.02. The summed E-state index contributed by atoms with van der Waals surface area (Å²) >= 11 is 0. The number of benzene rings is 2. The van der Waals surface area contributed by atoms with E-state index in [-0.39, 0.29) is 0 Å². The molecule has 0 aliphatic heterocycles. The largest absolute Gasteiger partial charge is 0.457 e. The number of nitrogens with two attached hydrogens (primary N) is 2. The second-order valence-electron chi connectivity index (χ2n) is 6.04. The van der Waals surface area contributed by atoms with E-state index in [9.17, 15) is 0 Å². The SMILES string of the molecule is NCCCNCc1cc(CNCCCN)cc(Oc2ccccc2)c1. The van der Waals surface area contributed by atoms with Gasteiger partial charge in [-0.3, -0.25) is 0 Å². The van der Waals surface area contributed by atoms with Gasteiger partial charge in [-0.2, -0.15) is 0 Å². The molecule has 0 heterocycles. The third-order valence-electron chi connectivity index (χ3n) is 3.78. The van der Waals surface area contributed by atoms with Crippen LogP contribution in [0.25, 0.3) is 0 Å². The minimum atomic E-state index is 0.709. The highest BCUT2D eigenvalue weighted by molar-refractivity contribution is 5.38. The highest BCUT2D eigenvalue weighted by Crippen LogP contribution is 2.24. The fraction of sp³-hybridized carbons (Fsp3) is 0.400. The van der Waals surface area contributed by atoms with Crippen LogP contribution in [0.1, 0.15) is 24.0 Å². The summed E-state index contributed by atoms with van der Waals surface area (Å²) in [5, 5.41) is 6.85. The molecule has 0 fully saturated rings. The molecular formula is C20H30N4O. The minimum absolute atomic E-state index is 0.709. The smallest absolute Gasteiger partial charge is 0.128 e. The van der Waals surface area contributed by atoms with E-state index >= 15 is 0 Å². The number of hydrogen-bond acceptors (Lipinski definition) is 5. The number of hydrogen-bond donors (Lipinski definition) is 4. The molecule has 0 radical (unpaired) electrons. The van der Waals surface area contributed by atoms with Crippen molar-refractivity contribution >= 4 is 0 Å². The van der Waals surface area contributed by atoms with Crippen LogP contribution in [0, 0.1) is 0 Å². The number of rotatable bonds is 12. The quantitative estimate of drug-likeness (QED) is 0.445. The molecule has 0 amide bonds. The summed E-state index contributed by atoms with van der Waals surface area (Å²) in [7, 11) is 0. The van der Waals surface area contributed by atoms with Gasteiger partial charge in [-0.05, 0) is 74.4 Å². The molecule has 2 aromatic rings. The highest BCUT2D eigenvalue weighted by Gasteiger charge is 2.04. The second kappa shape index (κ2) is 11.6. The van der Waals surface area contributed by atoms with E-state index in [1.807, 2.05) is 30.3 Å². The van der Waals surface area contributed by atoms with Crippen molar-refractivity contribution in [3.05, 3.63) is 59.7 Å². The maximum atomic E-state index is 6.02. The van der Waals surface area contributed by atoms with Crippen LogP contribution in [0.15, 0.2) is 48.5 Å². The molecule has 0 aromatic heterocycles. The van der Waals surface area contributed by atoms with E-state index < -0.39 is 0 Å². The number of ether oxygens (including phenoxy) is 1. The standard InChI is InChI=1S/C20H30N4O/c21-8-4-10-23-15-17-12-18(16-24-11-5-9-22)14-20(13-17)25-19-6-2-1-3-7-19/h1-3,6-7,12-14,23-24H,4-5,8-11,15-16,21-22H2. The Morgan fingerprint density at radius 2 is 1.28 bits per heavy atom. The van der Waals surface area contributed by atoms with Gasteiger partial charge in [0.25, 0.3) is 0 Å². The Labute approximate surface area is 150 Å². The van der Waals surface area contributed by atoms with Crippen molar-refractivity contribution in [3.63, 3.8) is 0 Å². The third-order valence-corrected chi connectivity index (χ3v) is 3.78. The van der Waals surface area contributed by atoms with Crippen LogP contribution in [-0.2, 0) is 13.1 Å².